The van der Waals surface area contributed by atoms with Gasteiger partial charge in [0.05, 0.1) is 0 Å². The predicted molar refractivity (Wildman–Crippen MR) is 25.6 cm³/mol. The van der Waals surface area contributed by atoms with Crippen LogP contribution in [-0.4, -0.2) is 18.7 Å². The van der Waals surface area contributed by atoms with Crippen LogP contribution in [0.2, 0.25) is 0 Å². The molecule has 0 aliphatic carbocycles. The highest BCUT2D eigenvalue weighted by atomic mass is 15.6. The number of hydrogen-bond acceptors (Lipinski definition) is 3. The van der Waals surface area contributed by atoms with Crippen LogP contribution in [0.5, 0.6) is 0 Å². The van der Waals surface area contributed by atoms with Crippen LogP contribution in [0.1, 0.15) is 6.92 Å². The third-order valence-corrected chi connectivity index (χ3v) is 0.628. The lowest BCUT2D eigenvalue weighted by Crippen LogP contribution is -2.40. The quantitative estimate of drug-likeness (QED) is 0.348. The van der Waals surface area contributed by atoms with Crippen LogP contribution in [0.25, 0.3) is 0 Å². The van der Waals surface area contributed by atoms with Gasteiger partial charge in [0.15, 0.2) is 0 Å². The van der Waals surface area contributed by atoms with Crippen molar-refractivity contribution in [2.24, 2.45) is 5.84 Å². The van der Waals surface area contributed by atoms with E-state index in [1.165, 1.54) is 5.12 Å². The van der Waals surface area contributed by atoms with E-state index in [9.17, 15) is 0 Å². The molecular weight excluding hydrogens is 78.1 g/mol. The summed E-state index contributed by atoms with van der Waals surface area (Å²) >= 11 is 0. The average molecular weight is 89.1 g/mol. The molecule has 3 N–H and O–H groups in total. The lowest BCUT2D eigenvalue weighted by Gasteiger charge is -2.08. The van der Waals surface area contributed by atoms with Crippen molar-refractivity contribution in [3.05, 3.63) is 0 Å². The Morgan fingerprint density at radius 1 is 1.83 bits per heavy atom. The van der Waals surface area contributed by atoms with Crippen molar-refractivity contribution >= 4 is 0 Å². The first kappa shape index (κ1) is 5.88. The molecule has 0 heterocycles. The summed E-state index contributed by atoms with van der Waals surface area (Å²) in [6.07, 6.45) is 0. The first-order chi connectivity index (χ1) is 2.81. The number of hydrogen-bond donors (Lipinski definition) is 2. The summed E-state index contributed by atoms with van der Waals surface area (Å²) in [5.41, 5.74) is 2.73. The second-order valence-corrected chi connectivity index (χ2v) is 1.01. The highest BCUT2D eigenvalue weighted by molar-refractivity contribution is 4.22. The van der Waals surface area contributed by atoms with Crippen molar-refractivity contribution in [2.75, 3.05) is 13.6 Å². The van der Waals surface area contributed by atoms with Gasteiger partial charge >= 0.3 is 0 Å². The summed E-state index contributed by atoms with van der Waals surface area (Å²) in [7, 11) is 1.78. The van der Waals surface area contributed by atoms with Gasteiger partial charge in [-0.25, -0.2) is 5.43 Å². The molecule has 0 spiro atoms. The molecule has 0 amide bonds. The molecule has 0 atom stereocenters. The van der Waals surface area contributed by atoms with Crippen molar-refractivity contribution < 1.29 is 0 Å². The molecule has 0 fully saturated rings. The summed E-state index contributed by atoms with van der Waals surface area (Å²) in [6, 6.07) is 0. The Kier molecular flexibility index (Phi) is 3.02. The maximum absolute atomic E-state index is 5.19. The molecule has 0 saturated heterocycles. The second-order valence-electron chi connectivity index (χ2n) is 1.01. The van der Waals surface area contributed by atoms with Crippen LogP contribution >= 0.6 is 0 Å². The van der Waals surface area contributed by atoms with Gasteiger partial charge in [-0.1, -0.05) is 0 Å². The van der Waals surface area contributed by atoms with Crippen LogP contribution in [0, 0.1) is 0 Å². The minimum absolute atomic E-state index is 0.830. The summed E-state index contributed by atoms with van der Waals surface area (Å²) in [4.78, 5) is 0. The molecule has 0 bridgehead atoms. The first-order valence-electron chi connectivity index (χ1n) is 2.01. The monoisotopic (exact) mass is 89.1 g/mol. The average Bonchev–Trinajstić information content (AvgIpc) is 1.65. The number of hydrazine groups is 2. The van der Waals surface area contributed by atoms with Crippen molar-refractivity contribution in [3.63, 3.8) is 0 Å². The molecule has 3 nitrogen and oxygen atoms in total. The maximum Gasteiger partial charge on any atom is 0.0257 e. The molecule has 0 saturated carbocycles. The lowest BCUT2D eigenvalue weighted by molar-refractivity contribution is 0.226. The van der Waals surface area contributed by atoms with Gasteiger partial charge in [-0.3, -0.25) is 5.84 Å². The smallest absolute Gasteiger partial charge is 0.0257 e. The number of nitrogens with zero attached hydrogens (tertiary/aromatic N) is 1. The molecule has 3 heteroatoms. The third-order valence-electron chi connectivity index (χ3n) is 0.628. The minimum atomic E-state index is 0.830. The summed E-state index contributed by atoms with van der Waals surface area (Å²) in [5.74, 6) is 5.19. The fourth-order valence-corrected chi connectivity index (χ4v) is 0.158. The Labute approximate surface area is 38.1 Å². The molecule has 6 heavy (non-hydrogen) atoms. The van der Waals surface area contributed by atoms with Crippen LogP contribution in [0.15, 0.2) is 0 Å². The zero-order valence-electron chi connectivity index (χ0n) is 4.23. The number of nitrogens with two attached hydrogens (primary N) is 1. The molecule has 0 rings (SSSR count). The number of rotatable bonds is 2. The third kappa shape index (κ3) is 2.14. The zero-order chi connectivity index (χ0) is 4.99. The molecule has 0 radical (unpaired) electrons. The van der Waals surface area contributed by atoms with Crippen LogP contribution < -0.4 is 11.3 Å². The molecule has 0 aromatic heterocycles. The molecule has 0 aliphatic heterocycles. The zero-order valence-corrected chi connectivity index (χ0v) is 4.23. The van der Waals surface area contributed by atoms with Gasteiger partial charge in [0.2, 0.25) is 0 Å². The van der Waals surface area contributed by atoms with Gasteiger partial charge in [0.1, 0.15) is 0 Å². The SMILES string of the molecule is CCN(N)NC. The maximum atomic E-state index is 5.19. The highest BCUT2D eigenvalue weighted by Crippen LogP contribution is 1.58. The molecule has 0 aliphatic rings. The predicted octanol–water partition coefficient (Wildman–Crippen LogP) is -0.684. The number of nitrogens with one attached hydrogen (secondary N) is 1. The van der Waals surface area contributed by atoms with Gasteiger partial charge in [-0.05, 0) is 6.92 Å². The largest absolute Gasteiger partial charge is 0.255 e. The van der Waals surface area contributed by atoms with Crippen molar-refractivity contribution in [3.8, 4) is 0 Å². The fraction of sp³-hybridized carbons (Fsp3) is 1.00. The Bertz CT molecular complexity index is 25.2. The van der Waals surface area contributed by atoms with E-state index >= 15 is 0 Å². The van der Waals surface area contributed by atoms with E-state index in [2.05, 4.69) is 5.43 Å². The molecule has 38 valence electrons. The van der Waals surface area contributed by atoms with E-state index in [0.29, 0.717) is 0 Å². The Morgan fingerprint density at radius 3 is 2.33 bits per heavy atom. The van der Waals surface area contributed by atoms with E-state index < -0.39 is 0 Å². The van der Waals surface area contributed by atoms with Crippen LogP contribution in [-0.2, 0) is 0 Å². The Hall–Kier alpha value is -0.120. The standard InChI is InChI=1S/C3H11N3/c1-3-6(4)5-2/h5H,3-4H2,1-2H3. The first-order valence-corrected chi connectivity index (χ1v) is 2.01. The van der Waals surface area contributed by atoms with Gasteiger partial charge < -0.3 is 0 Å². The Morgan fingerprint density at radius 2 is 2.33 bits per heavy atom. The fourth-order valence-electron chi connectivity index (χ4n) is 0.158. The topological polar surface area (TPSA) is 41.3 Å². The summed E-state index contributed by atoms with van der Waals surface area (Å²) in [6.45, 7) is 2.80. The normalized spacial score (nSPS) is 10.0. The molecule has 0 aromatic rings. The van der Waals surface area contributed by atoms with Crippen molar-refractivity contribution in [2.45, 2.75) is 6.92 Å². The molecule has 0 unspecified atom stereocenters. The Balaban J connectivity index is 2.75. The van der Waals surface area contributed by atoms with Crippen LogP contribution in [0.3, 0.4) is 0 Å². The van der Waals surface area contributed by atoms with Gasteiger partial charge in [0, 0.05) is 13.6 Å². The van der Waals surface area contributed by atoms with E-state index in [1.807, 2.05) is 6.92 Å². The minimum Gasteiger partial charge on any atom is -0.255 e. The van der Waals surface area contributed by atoms with Gasteiger partial charge in [0.25, 0.3) is 0 Å². The van der Waals surface area contributed by atoms with Gasteiger partial charge in [-0.2, -0.15) is 5.12 Å². The summed E-state index contributed by atoms with van der Waals surface area (Å²) < 4.78 is 0. The van der Waals surface area contributed by atoms with Crippen molar-refractivity contribution in [1.29, 1.82) is 0 Å². The molecular formula is C3H11N3. The van der Waals surface area contributed by atoms with Gasteiger partial charge in [-0.15, -0.1) is 0 Å². The van der Waals surface area contributed by atoms with Crippen LogP contribution in [0.4, 0.5) is 0 Å². The van der Waals surface area contributed by atoms with E-state index in [0.717, 1.165) is 6.54 Å². The van der Waals surface area contributed by atoms with E-state index in [4.69, 9.17) is 5.84 Å². The second kappa shape index (κ2) is 3.08. The van der Waals surface area contributed by atoms with E-state index in [-0.39, 0.29) is 0 Å². The lowest BCUT2D eigenvalue weighted by atomic mass is 10.8. The molecule has 0 aromatic carbocycles. The van der Waals surface area contributed by atoms with Crippen molar-refractivity contribution in [1.82, 2.24) is 10.5 Å². The highest BCUT2D eigenvalue weighted by Gasteiger charge is 1.80. The summed E-state index contributed by atoms with van der Waals surface area (Å²) in [5, 5.41) is 1.50. The van der Waals surface area contributed by atoms with E-state index in [1.54, 1.807) is 7.05 Å².